The summed E-state index contributed by atoms with van der Waals surface area (Å²) in [6, 6.07) is 6.88. The Morgan fingerprint density at radius 2 is 1.90 bits per heavy atom. The summed E-state index contributed by atoms with van der Waals surface area (Å²) in [5, 5.41) is 3.50. The molecule has 9 heteroatoms. The van der Waals surface area contributed by atoms with Gasteiger partial charge >= 0.3 is 0 Å². The van der Waals surface area contributed by atoms with Crippen LogP contribution in [0.2, 0.25) is 5.02 Å². The van der Waals surface area contributed by atoms with E-state index in [2.05, 4.69) is 20.2 Å². The Kier molecular flexibility index (Phi) is 6.44. The number of anilines is 3. The topological polar surface area (TPSA) is 79.8 Å². The Labute approximate surface area is 175 Å². The molecular weight excluding hydrogens is 394 g/mol. The van der Waals surface area contributed by atoms with Crippen molar-refractivity contribution in [1.82, 2.24) is 9.97 Å². The van der Waals surface area contributed by atoms with Crippen LogP contribution in [-0.2, 0) is 9.53 Å². The van der Waals surface area contributed by atoms with Gasteiger partial charge in [-0.05, 0) is 38.1 Å². The second-order valence-electron chi connectivity index (χ2n) is 7.42. The fourth-order valence-electron chi connectivity index (χ4n) is 2.83. The molecule has 156 valence electrons. The number of benzene rings is 1. The molecule has 1 aromatic carbocycles. The third kappa shape index (κ3) is 5.27. The molecule has 2 aromatic rings. The molecule has 1 fully saturated rings. The lowest BCUT2D eigenvalue weighted by molar-refractivity contribution is -0.128. The highest BCUT2D eigenvalue weighted by Gasteiger charge is 2.31. The molecule has 1 aromatic heterocycles. The number of nitrogens with zero attached hydrogens (tertiary/aromatic N) is 4. The Morgan fingerprint density at radius 3 is 2.52 bits per heavy atom. The van der Waals surface area contributed by atoms with E-state index in [0.29, 0.717) is 41.4 Å². The molecule has 1 N–H and O–H groups in total. The number of carbonyl (C=O) groups excluding carboxylic acids is 1. The fourth-order valence-corrected chi connectivity index (χ4v) is 2.95. The summed E-state index contributed by atoms with van der Waals surface area (Å²) in [6.45, 7) is 6.18. The van der Waals surface area contributed by atoms with E-state index >= 15 is 0 Å². The third-order valence-electron chi connectivity index (χ3n) is 4.46. The van der Waals surface area contributed by atoms with E-state index in [1.54, 1.807) is 44.3 Å². The number of ether oxygens (including phenoxy) is 2. The summed E-state index contributed by atoms with van der Waals surface area (Å²) < 4.78 is 11.2. The van der Waals surface area contributed by atoms with Gasteiger partial charge in [0.25, 0.3) is 5.91 Å². The van der Waals surface area contributed by atoms with Gasteiger partial charge in [-0.15, -0.1) is 0 Å². The van der Waals surface area contributed by atoms with E-state index in [1.165, 1.54) is 0 Å². The monoisotopic (exact) mass is 419 g/mol. The lowest BCUT2D eigenvalue weighted by atomic mass is 10.1. The van der Waals surface area contributed by atoms with Crippen molar-refractivity contribution in [2.24, 2.45) is 0 Å². The molecule has 0 radical (unpaired) electrons. The average molecular weight is 420 g/mol. The summed E-state index contributed by atoms with van der Waals surface area (Å²) in [7, 11) is 3.74. The SMILES string of the molecule is CN(C)c1nc(N2CCOCC2)ncc1NC(=O)C(C)(C)Oc1ccc(Cl)cc1. The van der Waals surface area contributed by atoms with E-state index in [9.17, 15) is 4.79 Å². The Morgan fingerprint density at radius 1 is 1.24 bits per heavy atom. The minimum Gasteiger partial charge on any atom is -0.478 e. The maximum absolute atomic E-state index is 12.9. The van der Waals surface area contributed by atoms with Crippen molar-refractivity contribution in [2.45, 2.75) is 19.4 Å². The van der Waals surface area contributed by atoms with Crippen molar-refractivity contribution < 1.29 is 14.3 Å². The van der Waals surface area contributed by atoms with E-state index < -0.39 is 5.60 Å². The highest BCUT2D eigenvalue weighted by molar-refractivity contribution is 6.30. The van der Waals surface area contributed by atoms with E-state index in [4.69, 9.17) is 21.1 Å². The van der Waals surface area contributed by atoms with Gasteiger partial charge in [-0.3, -0.25) is 4.79 Å². The number of carbonyl (C=O) groups is 1. The van der Waals surface area contributed by atoms with E-state index in [1.807, 2.05) is 19.0 Å². The molecule has 1 aliphatic rings. The maximum Gasteiger partial charge on any atom is 0.268 e. The van der Waals surface area contributed by atoms with Gasteiger partial charge in [0, 0.05) is 32.2 Å². The van der Waals surface area contributed by atoms with E-state index in [0.717, 1.165) is 13.1 Å². The first kappa shape index (κ1) is 21.1. The summed E-state index contributed by atoms with van der Waals surface area (Å²) >= 11 is 5.90. The molecule has 0 bridgehead atoms. The van der Waals surface area contributed by atoms with Gasteiger partial charge in [-0.1, -0.05) is 11.6 Å². The van der Waals surface area contributed by atoms with Crippen LogP contribution < -0.4 is 19.9 Å². The first-order valence-corrected chi connectivity index (χ1v) is 9.77. The van der Waals surface area contributed by atoms with Crippen LogP contribution in [0, 0.1) is 0 Å². The van der Waals surface area contributed by atoms with Crippen LogP contribution in [0.15, 0.2) is 30.5 Å². The fraction of sp³-hybridized carbons (Fsp3) is 0.450. The lowest BCUT2D eigenvalue weighted by Crippen LogP contribution is -2.43. The molecule has 0 atom stereocenters. The van der Waals surface area contributed by atoms with E-state index in [-0.39, 0.29) is 5.91 Å². The molecule has 1 aliphatic heterocycles. The van der Waals surface area contributed by atoms with Crippen molar-refractivity contribution in [3.8, 4) is 5.75 Å². The minimum atomic E-state index is -1.11. The normalized spacial score (nSPS) is 14.4. The number of morpholine rings is 1. The van der Waals surface area contributed by atoms with Gasteiger partial charge in [0.2, 0.25) is 5.95 Å². The number of hydrogen-bond acceptors (Lipinski definition) is 7. The zero-order valence-corrected chi connectivity index (χ0v) is 17.9. The first-order valence-electron chi connectivity index (χ1n) is 9.39. The largest absolute Gasteiger partial charge is 0.478 e. The summed E-state index contributed by atoms with van der Waals surface area (Å²) in [5.74, 6) is 1.49. The summed E-state index contributed by atoms with van der Waals surface area (Å²) in [4.78, 5) is 25.9. The Bertz CT molecular complexity index is 852. The molecule has 0 unspecified atom stereocenters. The molecule has 29 heavy (non-hydrogen) atoms. The van der Waals surface area contributed by atoms with Gasteiger partial charge in [0.1, 0.15) is 11.4 Å². The van der Waals surface area contributed by atoms with Crippen LogP contribution in [0.5, 0.6) is 5.75 Å². The third-order valence-corrected chi connectivity index (χ3v) is 4.71. The number of rotatable bonds is 6. The van der Waals surface area contributed by atoms with Crippen LogP contribution in [-0.4, -0.2) is 61.9 Å². The van der Waals surface area contributed by atoms with Gasteiger partial charge in [-0.25, -0.2) is 4.98 Å². The molecule has 3 rings (SSSR count). The number of nitrogens with one attached hydrogen (secondary N) is 1. The lowest BCUT2D eigenvalue weighted by Gasteiger charge is -2.29. The zero-order valence-electron chi connectivity index (χ0n) is 17.1. The smallest absolute Gasteiger partial charge is 0.268 e. The molecule has 2 heterocycles. The molecular formula is C20H26ClN5O3. The van der Waals surface area contributed by atoms with Crippen molar-refractivity contribution >= 4 is 35.0 Å². The van der Waals surface area contributed by atoms with Crippen molar-refractivity contribution in [1.29, 1.82) is 0 Å². The molecule has 0 aliphatic carbocycles. The number of amides is 1. The number of aromatic nitrogens is 2. The minimum absolute atomic E-state index is 0.307. The van der Waals surface area contributed by atoms with Crippen LogP contribution in [0.25, 0.3) is 0 Å². The predicted octanol–water partition coefficient (Wildman–Crippen LogP) is 2.83. The first-order chi connectivity index (χ1) is 13.8. The van der Waals surface area contributed by atoms with Gasteiger partial charge in [-0.2, -0.15) is 4.98 Å². The molecule has 1 saturated heterocycles. The highest BCUT2D eigenvalue weighted by Crippen LogP contribution is 2.27. The van der Waals surface area contributed by atoms with Crippen molar-refractivity contribution in [2.75, 3.05) is 55.5 Å². The number of halogens is 1. The highest BCUT2D eigenvalue weighted by atomic mass is 35.5. The van der Waals surface area contributed by atoms with Gasteiger partial charge in [0.15, 0.2) is 11.4 Å². The van der Waals surface area contributed by atoms with Crippen LogP contribution in [0.1, 0.15) is 13.8 Å². The zero-order chi connectivity index (χ0) is 21.0. The molecule has 8 nitrogen and oxygen atoms in total. The Hall–Kier alpha value is -2.58. The van der Waals surface area contributed by atoms with Gasteiger partial charge in [0.05, 0.1) is 19.4 Å². The molecule has 0 spiro atoms. The van der Waals surface area contributed by atoms with Crippen LogP contribution in [0.3, 0.4) is 0 Å². The van der Waals surface area contributed by atoms with Crippen molar-refractivity contribution in [3.05, 3.63) is 35.5 Å². The predicted molar refractivity (Wildman–Crippen MR) is 114 cm³/mol. The van der Waals surface area contributed by atoms with Crippen molar-refractivity contribution in [3.63, 3.8) is 0 Å². The quantitative estimate of drug-likeness (QED) is 0.771. The number of hydrogen-bond donors (Lipinski definition) is 1. The van der Waals surface area contributed by atoms with Crippen LogP contribution >= 0.6 is 11.6 Å². The van der Waals surface area contributed by atoms with Gasteiger partial charge < -0.3 is 24.6 Å². The second kappa shape index (κ2) is 8.84. The molecule has 1 amide bonds. The second-order valence-corrected chi connectivity index (χ2v) is 7.86. The standard InChI is InChI=1S/C20H26ClN5O3/c1-20(2,29-15-7-5-14(21)6-8-15)18(27)23-16-13-22-19(24-17(16)25(3)4)26-9-11-28-12-10-26/h5-8,13H,9-12H2,1-4H3,(H,23,27). The van der Waals surface area contributed by atoms with Crippen LogP contribution in [0.4, 0.5) is 17.5 Å². The maximum atomic E-state index is 12.9. The summed E-state index contributed by atoms with van der Waals surface area (Å²) in [5.41, 5.74) is -0.592. The summed E-state index contributed by atoms with van der Waals surface area (Å²) in [6.07, 6.45) is 1.63. The average Bonchev–Trinajstić information content (AvgIpc) is 2.70. The Balaban J connectivity index is 1.76. The molecule has 0 saturated carbocycles.